The number of aromatic amines is 1. The Bertz CT molecular complexity index is 720. The molecule has 0 aliphatic carbocycles. The van der Waals surface area contributed by atoms with Crippen molar-refractivity contribution in [2.24, 2.45) is 0 Å². The molecule has 0 saturated carbocycles. The highest BCUT2D eigenvalue weighted by Crippen LogP contribution is 2.29. The summed E-state index contributed by atoms with van der Waals surface area (Å²) in [7, 11) is 0. The second kappa shape index (κ2) is 4.51. The predicted octanol–water partition coefficient (Wildman–Crippen LogP) is 3.77. The Morgan fingerprint density at radius 3 is 3.00 bits per heavy atom. The zero-order valence-electron chi connectivity index (χ0n) is 9.01. The number of hydrogen-bond acceptors (Lipinski definition) is 4. The highest BCUT2D eigenvalue weighted by atomic mass is 35.5. The average molecular weight is 279 g/mol. The molecule has 0 amide bonds. The lowest BCUT2D eigenvalue weighted by Gasteiger charge is -1.90. The minimum atomic E-state index is 0.302. The fraction of sp³-hybridized carbons (Fsp3) is 0. The minimum Gasteiger partial charge on any atom is -0.447 e. The fourth-order valence-electron chi connectivity index (χ4n) is 1.55. The number of fused-ring (bicyclic) bond motifs is 1. The first-order valence-corrected chi connectivity index (χ1v) is 6.32. The fourth-order valence-corrected chi connectivity index (χ4v) is 2.50. The molecule has 0 aliphatic rings. The molecule has 90 valence electrons. The normalized spacial score (nSPS) is 10.9. The molecule has 1 aromatic carbocycles. The van der Waals surface area contributed by atoms with Gasteiger partial charge in [-0.3, -0.25) is 4.79 Å². The minimum absolute atomic E-state index is 0.302. The van der Waals surface area contributed by atoms with Crippen LogP contribution in [0.25, 0.3) is 11.0 Å². The maximum atomic E-state index is 10.5. The van der Waals surface area contributed by atoms with Crippen molar-refractivity contribution in [1.29, 1.82) is 0 Å². The summed E-state index contributed by atoms with van der Waals surface area (Å²) in [6.07, 6.45) is 0.669. The highest BCUT2D eigenvalue weighted by Gasteiger charge is 2.08. The molecule has 0 saturated heterocycles. The van der Waals surface area contributed by atoms with E-state index in [0.717, 1.165) is 11.0 Å². The smallest absolute Gasteiger partial charge is 0.185 e. The number of hydrogen-bond donors (Lipinski definition) is 1. The van der Waals surface area contributed by atoms with E-state index in [1.807, 2.05) is 12.1 Å². The van der Waals surface area contributed by atoms with Gasteiger partial charge in [-0.05, 0) is 42.1 Å². The number of nitrogens with zero attached hydrogens (tertiary/aromatic N) is 1. The summed E-state index contributed by atoms with van der Waals surface area (Å²) >= 11 is 7.22. The van der Waals surface area contributed by atoms with E-state index in [-0.39, 0.29) is 0 Å². The summed E-state index contributed by atoms with van der Waals surface area (Å²) in [6, 6.07) is 8.80. The van der Waals surface area contributed by atoms with E-state index in [2.05, 4.69) is 9.97 Å². The Morgan fingerprint density at radius 2 is 2.22 bits per heavy atom. The first kappa shape index (κ1) is 11.4. The van der Waals surface area contributed by atoms with Gasteiger partial charge in [0.25, 0.3) is 0 Å². The molecule has 0 radical (unpaired) electrons. The number of imidazole rings is 1. The summed E-state index contributed by atoms with van der Waals surface area (Å²) in [5.74, 6) is 0.302. The van der Waals surface area contributed by atoms with E-state index in [9.17, 15) is 4.79 Å². The summed E-state index contributed by atoms with van der Waals surface area (Å²) in [5.41, 5.74) is 1.70. The van der Waals surface area contributed by atoms with Crippen molar-refractivity contribution in [3.63, 3.8) is 0 Å². The van der Waals surface area contributed by atoms with E-state index in [1.54, 1.807) is 18.2 Å². The van der Waals surface area contributed by atoms with E-state index in [4.69, 9.17) is 16.0 Å². The summed E-state index contributed by atoms with van der Waals surface area (Å²) in [4.78, 5) is 18.0. The van der Waals surface area contributed by atoms with Crippen LogP contribution in [0, 0.1) is 0 Å². The van der Waals surface area contributed by atoms with E-state index >= 15 is 0 Å². The standard InChI is InChI=1S/C12H7ClN2O2S/c13-7-1-3-9-10(5-7)15-12(14-9)18-11-4-2-8(6-16)17-11/h1-6H,(H,14,15). The van der Waals surface area contributed by atoms with Crippen molar-refractivity contribution < 1.29 is 9.21 Å². The van der Waals surface area contributed by atoms with Gasteiger partial charge in [0, 0.05) is 5.02 Å². The number of aldehydes is 1. The zero-order chi connectivity index (χ0) is 12.5. The third-order valence-corrected chi connectivity index (χ3v) is 3.38. The van der Waals surface area contributed by atoms with Crippen LogP contribution in [-0.2, 0) is 0 Å². The van der Waals surface area contributed by atoms with Crippen molar-refractivity contribution in [2.75, 3.05) is 0 Å². The lowest BCUT2D eigenvalue weighted by atomic mass is 10.3. The number of benzene rings is 1. The third-order valence-electron chi connectivity index (χ3n) is 2.34. The second-order valence-corrected chi connectivity index (χ2v) is 5.01. The van der Waals surface area contributed by atoms with Gasteiger partial charge in [0.1, 0.15) is 0 Å². The molecule has 1 N–H and O–H groups in total. The molecule has 2 aromatic heterocycles. The number of aromatic nitrogens is 2. The van der Waals surface area contributed by atoms with Crippen LogP contribution in [0.2, 0.25) is 5.02 Å². The molecule has 0 spiro atoms. The Hall–Kier alpha value is -1.72. The average Bonchev–Trinajstić information content (AvgIpc) is 2.95. The highest BCUT2D eigenvalue weighted by molar-refractivity contribution is 7.99. The van der Waals surface area contributed by atoms with Crippen LogP contribution in [-0.4, -0.2) is 16.3 Å². The molecule has 0 bridgehead atoms. The van der Waals surface area contributed by atoms with Gasteiger partial charge < -0.3 is 9.40 Å². The van der Waals surface area contributed by atoms with Crippen molar-refractivity contribution in [1.82, 2.24) is 9.97 Å². The van der Waals surface area contributed by atoms with Gasteiger partial charge >= 0.3 is 0 Å². The Labute approximate surface area is 111 Å². The van der Waals surface area contributed by atoms with Gasteiger partial charge in [0.2, 0.25) is 0 Å². The molecule has 3 rings (SSSR count). The van der Waals surface area contributed by atoms with Crippen LogP contribution in [0.1, 0.15) is 10.6 Å². The summed E-state index contributed by atoms with van der Waals surface area (Å²) in [5, 5.41) is 1.96. The van der Waals surface area contributed by atoms with Crippen molar-refractivity contribution in [3.8, 4) is 0 Å². The number of H-pyrrole nitrogens is 1. The Morgan fingerprint density at radius 1 is 1.33 bits per heavy atom. The molecule has 0 fully saturated rings. The Kier molecular flexibility index (Phi) is 2.85. The molecule has 0 atom stereocenters. The number of carbonyl (C=O) groups excluding carboxylic acids is 1. The van der Waals surface area contributed by atoms with Crippen LogP contribution in [0.5, 0.6) is 0 Å². The van der Waals surface area contributed by atoms with E-state index in [0.29, 0.717) is 27.3 Å². The van der Waals surface area contributed by atoms with Crippen LogP contribution in [0.3, 0.4) is 0 Å². The van der Waals surface area contributed by atoms with E-state index in [1.165, 1.54) is 11.8 Å². The number of rotatable bonds is 3. The molecule has 6 heteroatoms. The molecule has 0 aliphatic heterocycles. The van der Waals surface area contributed by atoms with Crippen LogP contribution in [0.15, 0.2) is 45.0 Å². The first-order chi connectivity index (χ1) is 8.74. The maximum Gasteiger partial charge on any atom is 0.185 e. The number of halogens is 1. The monoisotopic (exact) mass is 278 g/mol. The summed E-state index contributed by atoms with van der Waals surface area (Å²) in [6.45, 7) is 0. The van der Waals surface area contributed by atoms with Crippen LogP contribution < -0.4 is 0 Å². The predicted molar refractivity (Wildman–Crippen MR) is 69.3 cm³/mol. The van der Waals surface area contributed by atoms with Crippen molar-refractivity contribution >= 4 is 40.7 Å². The van der Waals surface area contributed by atoms with Gasteiger partial charge in [-0.25, -0.2) is 4.98 Å². The zero-order valence-corrected chi connectivity index (χ0v) is 10.6. The lowest BCUT2D eigenvalue weighted by Crippen LogP contribution is -1.72. The molecular formula is C12H7ClN2O2S. The maximum absolute atomic E-state index is 10.5. The van der Waals surface area contributed by atoms with Crippen LogP contribution in [0.4, 0.5) is 0 Å². The molecule has 3 aromatic rings. The van der Waals surface area contributed by atoms with Crippen LogP contribution >= 0.6 is 23.4 Å². The summed E-state index contributed by atoms with van der Waals surface area (Å²) < 4.78 is 5.27. The second-order valence-electron chi connectivity index (χ2n) is 3.58. The van der Waals surface area contributed by atoms with Gasteiger partial charge in [-0.15, -0.1) is 0 Å². The Balaban J connectivity index is 1.92. The molecular weight excluding hydrogens is 272 g/mol. The van der Waals surface area contributed by atoms with Crippen molar-refractivity contribution in [2.45, 2.75) is 10.2 Å². The molecule has 18 heavy (non-hydrogen) atoms. The molecule has 4 nitrogen and oxygen atoms in total. The number of nitrogens with one attached hydrogen (secondary N) is 1. The van der Waals surface area contributed by atoms with Crippen molar-refractivity contribution in [3.05, 3.63) is 41.1 Å². The lowest BCUT2D eigenvalue weighted by molar-refractivity contribution is 0.109. The van der Waals surface area contributed by atoms with Gasteiger partial charge in [0.05, 0.1) is 11.0 Å². The SMILES string of the molecule is O=Cc1ccc(Sc2nc3ccc(Cl)cc3[nH]2)o1. The number of carbonyl (C=O) groups is 1. The quantitative estimate of drug-likeness (QED) is 0.741. The molecule has 2 heterocycles. The van der Waals surface area contributed by atoms with Gasteiger partial charge in [-0.2, -0.15) is 0 Å². The largest absolute Gasteiger partial charge is 0.447 e. The first-order valence-electron chi connectivity index (χ1n) is 5.13. The van der Waals surface area contributed by atoms with E-state index < -0.39 is 0 Å². The number of furan rings is 1. The van der Waals surface area contributed by atoms with Gasteiger partial charge in [-0.1, -0.05) is 11.6 Å². The molecule has 0 unspecified atom stereocenters. The van der Waals surface area contributed by atoms with Gasteiger partial charge in [0.15, 0.2) is 22.3 Å². The topological polar surface area (TPSA) is 58.9 Å². The third kappa shape index (κ3) is 2.14.